The Morgan fingerprint density at radius 1 is 1.17 bits per heavy atom. The molecule has 0 spiro atoms. The van der Waals surface area contributed by atoms with E-state index in [0.717, 1.165) is 23.0 Å². The molecule has 1 aliphatic rings. The van der Waals surface area contributed by atoms with Gasteiger partial charge in [-0.25, -0.2) is 8.42 Å². The second-order valence-corrected chi connectivity index (χ2v) is 10.8. The summed E-state index contributed by atoms with van der Waals surface area (Å²) in [5.74, 6) is 0.123. The number of pyridine rings is 1. The zero-order valence-corrected chi connectivity index (χ0v) is 21.1. The Bertz CT molecular complexity index is 1280. The number of rotatable bonds is 9. The van der Waals surface area contributed by atoms with Gasteiger partial charge in [0.1, 0.15) is 5.75 Å². The van der Waals surface area contributed by atoms with Crippen molar-refractivity contribution >= 4 is 44.1 Å². The molecule has 1 amide bonds. The van der Waals surface area contributed by atoms with Crippen LogP contribution in [0, 0.1) is 5.92 Å². The predicted octanol–water partition coefficient (Wildman–Crippen LogP) is 3.92. The first-order valence-electron chi connectivity index (χ1n) is 11.6. The fourth-order valence-electron chi connectivity index (χ4n) is 4.21. The molecular weight excluding hydrogens is 488 g/mol. The summed E-state index contributed by atoms with van der Waals surface area (Å²) in [6.07, 6.45) is 3.78. The van der Waals surface area contributed by atoms with Crippen molar-refractivity contribution in [1.82, 2.24) is 14.6 Å². The lowest BCUT2D eigenvalue weighted by Gasteiger charge is -2.31. The van der Waals surface area contributed by atoms with Crippen LogP contribution in [-0.4, -0.2) is 56.9 Å². The van der Waals surface area contributed by atoms with Gasteiger partial charge in [-0.05, 0) is 67.8 Å². The lowest BCUT2D eigenvalue weighted by atomic mass is 9.99. The van der Waals surface area contributed by atoms with E-state index in [-0.39, 0.29) is 23.3 Å². The number of fused-ring (bicyclic) bond motifs is 1. The van der Waals surface area contributed by atoms with Crippen molar-refractivity contribution in [3.05, 3.63) is 59.8 Å². The molecule has 1 fully saturated rings. The Labute approximate surface area is 210 Å². The highest BCUT2D eigenvalue weighted by atomic mass is 35.5. The first kappa shape index (κ1) is 25.2. The minimum atomic E-state index is -3.66. The van der Waals surface area contributed by atoms with Crippen LogP contribution >= 0.6 is 11.6 Å². The molecule has 1 aromatic heterocycles. The number of halogens is 1. The summed E-state index contributed by atoms with van der Waals surface area (Å²) in [5.41, 5.74) is 1.78. The maximum absolute atomic E-state index is 13.0. The van der Waals surface area contributed by atoms with Crippen molar-refractivity contribution < 1.29 is 17.9 Å². The van der Waals surface area contributed by atoms with Crippen molar-refractivity contribution in [2.45, 2.75) is 24.2 Å². The second kappa shape index (κ2) is 11.2. The van der Waals surface area contributed by atoms with E-state index in [2.05, 4.69) is 15.6 Å². The number of carbonyl (C=O) groups is 1. The van der Waals surface area contributed by atoms with Crippen molar-refractivity contribution in [3.8, 4) is 5.75 Å². The zero-order chi connectivity index (χ0) is 24.8. The van der Waals surface area contributed by atoms with Gasteiger partial charge in [0.05, 0.1) is 23.4 Å². The molecule has 8 nitrogen and oxygen atoms in total. The SMILES string of the molecule is COc1ccc(S(=O)(=O)N2CCCC(C(=O)NCCCNc3ccnc4cc(Cl)ccc34)C2)cc1. The maximum Gasteiger partial charge on any atom is 0.243 e. The molecule has 1 atom stereocenters. The molecule has 0 saturated carbocycles. The van der Waals surface area contributed by atoms with Gasteiger partial charge in [-0.3, -0.25) is 9.78 Å². The molecule has 2 N–H and O–H groups in total. The Kier molecular flexibility index (Phi) is 8.10. The monoisotopic (exact) mass is 516 g/mol. The van der Waals surface area contributed by atoms with Crippen LogP contribution in [0.4, 0.5) is 5.69 Å². The number of nitrogens with one attached hydrogen (secondary N) is 2. The number of benzene rings is 2. The van der Waals surface area contributed by atoms with E-state index in [0.29, 0.717) is 43.2 Å². The van der Waals surface area contributed by atoms with Crippen LogP contribution in [0.3, 0.4) is 0 Å². The van der Waals surface area contributed by atoms with E-state index in [1.54, 1.807) is 18.3 Å². The van der Waals surface area contributed by atoms with E-state index in [1.807, 2.05) is 24.3 Å². The van der Waals surface area contributed by atoms with Crippen LogP contribution in [0.5, 0.6) is 5.75 Å². The third-order valence-corrected chi connectivity index (χ3v) is 8.24. The van der Waals surface area contributed by atoms with Crippen molar-refractivity contribution in [3.63, 3.8) is 0 Å². The van der Waals surface area contributed by atoms with E-state index in [9.17, 15) is 13.2 Å². The average Bonchev–Trinajstić information content (AvgIpc) is 2.88. The van der Waals surface area contributed by atoms with Crippen molar-refractivity contribution in [1.29, 1.82) is 0 Å². The Hall–Kier alpha value is -2.88. The number of anilines is 1. The van der Waals surface area contributed by atoms with Crippen LogP contribution in [0.2, 0.25) is 5.02 Å². The number of amides is 1. The van der Waals surface area contributed by atoms with Gasteiger partial charge in [0.25, 0.3) is 0 Å². The molecule has 10 heteroatoms. The molecule has 186 valence electrons. The third kappa shape index (κ3) is 6.04. The number of hydrogen-bond acceptors (Lipinski definition) is 6. The minimum absolute atomic E-state index is 0.108. The normalized spacial score (nSPS) is 16.7. The highest BCUT2D eigenvalue weighted by Gasteiger charge is 2.33. The largest absolute Gasteiger partial charge is 0.497 e. The van der Waals surface area contributed by atoms with Crippen LogP contribution in [0.25, 0.3) is 10.9 Å². The predicted molar refractivity (Wildman–Crippen MR) is 137 cm³/mol. The molecule has 1 aliphatic heterocycles. The standard InChI is InChI=1S/C25H29ClN4O4S/c1-34-20-6-8-21(9-7-20)35(32,33)30-15-2-4-18(17-30)25(31)29-13-3-12-27-23-11-14-28-24-16-19(26)5-10-22(23)24/h5-11,14,16,18H,2-4,12-13,15,17H2,1H3,(H,27,28)(H,29,31). The lowest BCUT2D eigenvalue weighted by Crippen LogP contribution is -2.45. The number of hydrogen-bond donors (Lipinski definition) is 2. The molecule has 0 bridgehead atoms. The van der Waals surface area contributed by atoms with E-state index in [4.69, 9.17) is 16.3 Å². The maximum atomic E-state index is 13.0. The average molecular weight is 517 g/mol. The molecule has 0 aliphatic carbocycles. The second-order valence-electron chi connectivity index (χ2n) is 8.47. The highest BCUT2D eigenvalue weighted by Crippen LogP contribution is 2.26. The summed E-state index contributed by atoms with van der Waals surface area (Å²) in [5, 5.41) is 7.98. The number of piperidine rings is 1. The van der Waals surface area contributed by atoms with Gasteiger partial charge in [0.15, 0.2) is 0 Å². The van der Waals surface area contributed by atoms with Crippen molar-refractivity contribution in [2.75, 3.05) is 38.6 Å². The number of nitrogens with zero attached hydrogens (tertiary/aromatic N) is 2. The van der Waals surface area contributed by atoms with Gasteiger partial charge in [0, 0.05) is 48.5 Å². The zero-order valence-electron chi connectivity index (χ0n) is 19.5. The van der Waals surface area contributed by atoms with Gasteiger partial charge in [0.2, 0.25) is 15.9 Å². The quantitative estimate of drug-likeness (QED) is 0.418. The molecule has 4 rings (SSSR count). The van der Waals surface area contributed by atoms with Crippen LogP contribution < -0.4 is 15.4 Å². The molecule has 1 unspecified atom stereocenters. The number of methoxy groups -OCH3 is 1. The smallest absolute Gasteiger partial charge is 0.243 e. The fourth-order valence-corrected chi connectivity index (χ4v) is 5.90. The van der Waals surface area contributed by atoms with Crippen LogP contribution in [-0.2, 0) is 14.8 Å². The molecule has 0 radical (unpaired) electrons. The molecule has 2 heterocycles. The topological polar surface area (TPSA) is 101 Å². The van der Waals surface area contributed by atoms with Crippen LogP contribution in [0.15, 0.2) is 59.6 Å². The van der Waals surface area contributed by atoms with E-state index >= 15 is 0 Å². The summed E-state index contributed by atoms with van der Waals surface area (Å²) in [6.45, 7) is 1.77. The summed E-state index contributed by atoms with van der Waals surface area (Å²) >= 11 is 6.04. The van der Waals surface area contributed by atoms with Gasteiger partial charge >= 0.3 is 0 Å². The Morgan fingerprint density at radius 2 is 1.97 bits per heavy atom. The summed E-state index contributed by atoms with van der Waals surface area (Å²) in [7, 11) is -2.13. The first-order valence-corrected chi connectivity index (χ1v) is 13.4. The Morgan fingerprint density at radius 3 is 2.74 bits per heavy atom. The van der Waals surface area contributed by atoms with Gasteiger partial charge in [-0.2, -0.15) is 4.31 Å². The van der Waals surface area contributed by atoms with Crippen molar-refractivity contribution in [2.24, 2.45) is 5.92 Å². The van der Waals surface area contributed by atoms with Gasteiger partial charge in [-0.15, -0.1) is 0 Å². The van der Waals surface area contributed by atoms with Gasteiger partial charge < -0.3 is 15.4 Å². The highest BCUT2D eigenvalue weighted by molar-refractivity contribution is 7.89. The molecule has 2 aromatic carbocycles. The van der Waals surface area contributed by atoms with Crippen LogP contribution in [0.1, 0.15) is 19.3 Å². The number of carbonyl (C=O) groups excluding carboxylic acids is 1. The lowest BCUT2D eigenvalue weighted by molar-refractivity contribution is -0.126. The van der Waals surface area contributed by atoms with Gasteiger partial charge in [-0.1, -0.05) is 11.6 Å². The number of ether oxygens (including phenoxy) is 1. The summed E-state index contributed by atoms with van der Waals surface area (Å²) in [4.78, 5) is 17.3. The fraction of sp³-hybridized carbons (Fsp3) is 0.360. The molecule has 3 aromatic rings. The minimum Gasteiger partial charge on any atom is -0.497 e. The van der Waals surface area contributed by atoms with E-state index in [1.165, 1.54) is 23.5 Å². The first-order chi connectivity index (χ1) is 16.9. The third-order valence-electron chi connectivity index (χ3n) is 6.13. The molecule has 35 heavy (non-hydrogen) atoms. The number of aromatic nitrogens is 1. The molecular formula is C25H29ClN4O4S. The van der Waals surface area contributed by atoms with E-state index < -0.39 is 10.0 Å². The summed E-state index contributed by atoms with van der Waals surface area (Å²) in [6, 6.07) is 13.8. The Balaban J connectivity index is 1.26. The number of sulfonamides is 1. The summed E-state index contributed by atoms with van der Waals surface area (Å²) < 4.78 is 32.6. The molecule has 1 saturated heterocycles.